The molecule has 104 valence electrons. The Labute approximate surface area is 125 Å². The second kappa shape index (κ2) is 6.30. The van der Waals surface area contributed by atoms with Crippen LogP contribution in [0.2, 0.25) is 0 Å². The maximum atomic E-state index is 4.39. The topological polar surface area (TPSA) is 53.6 Å². The van der Waals surface area contributed by atoms with Gasteiger partial charge in [-0.1, -0.05) is 13.0 Å². The van der Waals surface area contributed by atoms with E-state index in [1.54, 1.807) is 22.7 Å². The third kappa shape index (κ3) is 2.82. The third-order valence-electron chi connectivity index (χ3n) is 3.18. The summed E-state index contributed by atoms with van der Waals surface area (Å²) in [5.41, 5.74) is 2.31. The number of hydrogen-bond donors (Lipinski definition) is 2. The van der Waals surface area contributed by atoms with Crippen molar-refractivity contribution < 1.29 is 0 Å². The van der Waals surface area contributed by atoms with Gasteiger partial charge in [-0.05, 0) is 17.9 Å². The number of aromatic nitrogens is 3. The van der Waals surface area contributed by atoms with E-state index in [0.717, 1.165) is 23.7 Å². The van der Waals surface area contributed by atoms with Crippen LogP contribution >= 0.6 is 22.7 Å². The lowest BCUT2D eigenvalue weighted by molar-refractivity contribution is 0.517. The molecule has 0 aliphatic rings. The van der Waals surface area contributed by atoms with Crippen LogP contribution in [0.4, 0.5) is 0 Å². The van der Waals surface area contributed by atoms with Crippen LogP contribution in [0.1, 0.15) is 30.0 Å². The van der Waals surface area contributed by atoms with Crippen molar-refractivity contribution in [1.29, 1.82) is 0 Å². The van der Waals surface area contributed by atoms with Gasteiger partial charge < -0.3 is 5.32 Å². The quantitative estimate of drug-likeness (QED) is 0.727. The zero-order chi connectivity index (χ0) is 13.8. The molecule has 1 atom stereocenters. The van der Waals surface area contributed by atoms with E-state index in [2.05, 4.69) is 44.9 Å². The van der Waals surface area contributed by atoms with E-state index in [9.17, 15) is 0 Å². The molecule has 3 heterocycles. The minimum atomic E-state index is 0.307. The van der Waals surface area contributed by atoms with E-state index in [1.807, 2.05) is 17.8 Å². The number of rotatable bonds is 6. The molecule has 0 amide bonds. The van der Waals surface area contributed by atoms with E-state index in [0.29, 0.717) is 6.04 Å². The summed E-state index contributed by atoms with van der Waals surface area (Å²) in [4.78, 5) is 5.62. The largest absolute Gasteiger partial charge is 0.304 e. The zero-order valence-electron chi connectivity index (χ0n) is 11.2. The van der Waals surface area contributed by atoms with Crippen molar-refractivity contribution in [3.05, 3.63) is 45.9 Å². The number of thiophene rings is 1. The monoisotopic (exact) mass is 304 g/mol. The standard InChI is InChI=1S/C14H16N4S2/c1-2-11(14-15-5-7-20-14)16-8-10-9-17-18-13(10)12-4-3-6-19-12/h3-7,9,11,16H,2,8H2,1H3,(H,17,18). The first-order valence-electron chi connectivity index (χ1n) is 6.57. The lowest BCUT2D eigenvalue weighted by Gasteiger charge is -2.14. The zero-order valence-corrected chi connectivity index (χ0v) is 12.8. The van der Waals surface area contributed by atoms with Crippen LogP contribution in [0, 0.1) is 0 Å². The van der Waals surface area contributed by atoms with Crippen molar-refractivity contribution in [2.75, 3.05) is 0 Å². The predicted octanol–water partition coefficient (Wildman–Crippen LogP) is 3.84. The summed E-state index contributed by atoms with van der Waals surface area (Å²) >= 11 is 3.42. The first-order chi connectivity index (χ1) is 9.88. The van der Waals surface area contributed by atoms with Crippen LogP contribution < -0.4 is 5.32 Å². The molecule has 0 saturated carbocycles. The minimum Gasteiger partial charge on any atom is -0.304 e. The van der Waals surface area contributed by atoms with Gasteiger partial charge in [-0.25, -0.2) is 4.98 Å². The lowest BCUT2D eigenvalue weighted by atomic mass is 10.2. The number of nitrogens with zero attached hydrogens (tertiary/aromatic N) is 2. The number of nitrogens with one attached hydrogen (secondary N) is 2. The second-order valence-electron chi connectivity index (χ2n) is 4.46. The van der Waals surface area contributed by atoms with Crippen LogP contribution in [0.15, 0.2) is 35.3 Å². The highest BCUT2D eigenvalue weighted by atomic mass is 32.1. The highest BCUT2D eigenvalue weighted by molar-refractivity contribution is 7.13. The molecule has 6 heteroatoms. The Balaban J connectivity index is 1.71. The molecule has 3 aromatic heterocycles. The summed E-state index contributed by atoms with van der Waals surface area (Å²) in [6.07, 6.45) is 4.79. The highest BCUT2D eigenvalue weighted by Crippen LogP contribution is 2.26. The fourth-order valence-electron chi connectivity index (χ4n) is 2.13. The molecule has 0 saturated heterocycles. The van der Waals surface area contributed by atoms with E-state index < -0.39 is 0 Å². The number of thiazole rings is 1. The van der Waals surface area contributed by atoms with Crippen molar-refractivity contribution in [3.63, 3.8) is 0 Å². The van der Waals surface area contributed by atoms with Gasteiger partial charge in [0.15, 0.2) is 0 Å². The first-order valence-corrected chi connectivity index (χ1v) is 8.33. The molecule has 2 N–H and O–H groups in total. The normalized spacial score (nSPS) is 12.7. The minimum absolute atomic E-state index is 0.307. The van der Waals surface area contributed by atoms with E-state index in [-0.39, 0.29) is 0 Å². The molecule has 4 nitrogen and oxygen atoms in total. The van der Waals surface area contributed by atoms with Crippen molar-refractivity contribution >= 4 is 22.7 Å². The maximum absolute atomic E-state index is 4.39. The SMILES string of the molecule is CCC(NCc1cn[nH]c1-c1cccs1)c1nccs1. The fourth-order valence-corrected chi connectivity index (χ4v) is 3.68. The van der Waals surface area contributed by atoms with Gasteiger partial charge >= 0.3 is 0 Å². The average Bonchev–Trinajstić information content (AvgIpc) is 3.21. The van der Waals surface area contributed by atoms with Gasteiger partial charge in [0.1, 0.15) is 5.01 Å². The Morgan fingerprint density at radius 3 is 3.00 bits per heavy atom. The maximum Gasteiger partial charge on any atom is 0.109 e. The molecular formula is C14H16N4S2. The molecule has 0 bridgehead atoms. The average molecular weight is 304 g/mol. The van der Waals surface area contributed by atoms with Crippen molar-refractivity contribution in [2.24, 2.45) is 0 Å². The molecule has 0 aromatic carbocycles. The van der Waals surface area contributed by atoms with Gasteiger partial charge in [-0.15, -0.1) is 22.7 Å². The van der Waals surface area contributed by atoms with Gasteiger partial charge in [-0.2, -0.15) is 5.10 Å². The van der Waals surface area contributed by atoms with Gasteiger partial charge in [0, 0.05) is 23.7 Å². The summed E-state index contributed by atoms with van der Waals surface area (Å²) in [6, 6.07) is 4.48. The second-order valence-corrected chi connectivity index (χ2v) is 6.33. The molecule has 0 spiro atoms. The van der Waals surface area contributed by atoms with E-state index >= 15 is 0 Å². The Hall–Kier alpha value is -1.50. The Morgan fingerprint density at radius 2 is 2.30 bits per heavy atom. The van der Waals surface area contributed by atoms with Crippen LogP contribution in [-0.2, 0) is 6.54 Å². The molecule has 1 unspecified atom stereocenters. The third-order valence-corrected chi connectivity index (χ3v) is 4.96. The van der Waals surface area contributed by atoms with Crippen LogP contribution in [-0.4, -0.2) is 15.2 Å². The van der Waals surface area contributed by atoms with Crippen molar-refractivity contribution in [2.45, 2.75) is 25.9 Å². The van der Waals surface area contributed by atoms with Gasteiger partial charge in [0.2, 0.25) is 0 Å². The Bertz CT molecular complexity index is 628. The van der Waals surface area contributed by atoms with Crippen molar-refractivity contribution in [3.8, 4) is 10.6 Å². The summed E-state index contributed by atoms with van der Waals surface area (Å²) < 4.78 is 0. The summed E-state index contributed by atoms with van der Waals surface area (Å²) in [7, 11) is 0. The molecule has 0 aliphatic carbocycles. The van der Waals surface area contributed by atoms with Gasteiger partial charge in [0.25, 0.3) is 0 Å². The molecular weight excluding hydrogens is 288 g/mol. The fraction of sp³-hybridized carbons (Fsp3) is 0.286. The lowest BCUT2D eigenvalue weighted by Crippen LogP contribution is -2.20. The van der Waals surface area contributed by atoms with Crippen molar-refractivity contribution in [1.82, 2.24) is 20.5 Å². The molecule has 3 aromatic rings. The number of hydrogen-bond acceptors (Lipinski definition) is 5. The summed E-state index contributed by atoms with van der Waals surface area (Å²) in [5, 5.41) is 16.1. The Kier molecular flexibility index (Phi) is 4.25. The first kappa shape index (κ1) is 13.5. The molecule has 0 aliphatic heterocycles. The predicted molar refractivity (Wildman–Crippen MR) is 83.9 cm³/mol. The molecule has 3 rings (SSSR count). The summed E-state index contributed by atoms with van der Waals surface area (Å²) in [5.74, 6) is 0. The van der Waals surface area contributed by atoms with E-state index in [1.165, 1.54) is 10.4 Å². The molecule has 0 fully saturated rings. The smallest absolute Gasteiger partial charge is 0.109 e. The van der Waals surface area contributed by atoms with Crippen LogP contribution in [0.3, 0.4) is 0 Å². The van der Waals surface area contributed by atoms with Gasteiger partial charge in [0.05, 0.1) is 22.8 Å². The van der Waals surface area contributed by atoms with Gasteiger partial charge in [-0.3, -0.25) is 5.10 Å². The van der Waals surface area contributed by atoms with Crippen LogP contribution in [0.25, 0.3) is 10.6 Å². The summed E-state index contributed by atoms with van der Waals surface area (Å²) in [6.45, 7) is 2.97. The number of aromatic amines is 1. The number of H-pyrrole nitrogens is 1. The van der Waals surface area contributed by atoms with E-state index in [4.69, 9.17) is 0 Å². The molecule has 0 radical (unpaired) electrons. The Morgan fingerprint density at radius 1 is 1.35 bits per heavy atom. The molecule has 20 heavy (non-hydrogen) atoms. The van der Waals surface area contributed by atoms with Crippen LogP contribution in [0.5, 0.6) is 0 Å². The highest BCUT2D eigenvalue weighted by Gasteiger charge is 2.14.